The molecule has 0 unspecified atom stereocenters. The third-order valence-electron chi connectivity index (χ3n) is 0.445. The molecule has 4 nitrogen and oxygen atoms in total. The van der Waals surface area contributed by atoms with Crippen LogP contribution < -0.4 is 0 Å². The normalized spacial score (nSPS) is 11.2. The minimum Gasteiger partial charge on any atom is -0.557 e. The molecule has 0 aliphatic carbocycles. The third kappa shape index (κ3) is 4.18. The first-order valence-electron chi connectivity index (χ1n) is 2.21. The van der Waals surface area contributed by atoms with E-state index in [0.717, 1.165) is 0 Å². The van der Waals surface area contributed by atoms with Crippen molar-refractivity contribution in [2.45, 2.75) is 6.55 Å². The lowest BCUT2D eigenvalue weighted by atomic mass is 11.9. The van der Waals surface area contributed by atoms with Crippen LogP contribution in [-0.4, -0.2) is 33.7 Å². The highest BCUT2D eigenvalue weighted by Crippen LogP contribution is 1.71. The lowest BCUT2D eigenvalue weighted by Gasteiger charge is -1.97. The van der Waals surface area contributed by atoms with Crippen molar-refractivity contribution in [3.8, 4) is 0 Å². The largest absolute Gasteiger partial charge is 0.737 e. The minimum absolute atomic E-state index is 0.635. The van der Waals surface area contributed by atoms with Crippen LogP contribution in [0.2, 0.25) is 6.55 Å². The molecule has 0 atom stereocenters. The van der Waals surface area contributed by atoms with Crippen LogP contribution in [0.5, 0.6) is 0 Å². The van der Waals surface area contributed by atoms with Gasteiger partial charge in [0.1, 0.15) is 0 Å². The summed E-state index contributed by atoms with van der Waals surface area (Å²) in [6, 6.07) is 0. The van der Waals surface area contributed by atoms with Gasteiger partial charge in [0.15, 0.2) is 0 Å². The molecule has 0 saturated heterocycles. The van der Waals surface area contributed by atoms with Gasteiger partial charge in [-0.25, -0.2) is 0 Å². The maximum Gasteiger partial charge on any atom is 0.737 e. The van der Waals surface area contributed by atoms with E-state index in [2.05, 4.69) is 8.23 Å². The minimum atomic E-state index is -2.27. The fourth-order valence-corrected chi connectivity index (χ4v) is 2.66. The van der Waals surface area contributed by atoms with Crippen LogP contribution in [0.15, 0.2) is 0 Å². The Kier molecular flexibility index (Phi) is 5.16. The fraction of sp³-hybridized carbons (Fsp3) is 1.00. The van der Waals surface area contributed by atoms with Crippen molar-refractivity contribution < 1.29 is 17.5 Å². The predicted octanol–water partition coefficient (Wildman–Crippen LogP) is -2.44. The molecule has 48 valence electrons. The zero-order valence-corrected chi connectivity index (χ0v) is 8.41. The van der Waals surface area contributed by atoms with Crippen LogP contribution in [-0.2, 0) is 12.7 Å². The van der Waals surface area contributed by atoms with Gasteiger partial charge in [-0.1, -0.05) is 0 Å². The Morgan fingerprint density at radius 3 is 2.62 bits per heavy atom. The first-order chi connectivity index (χ1) is 3.81. The average molecular weight is 168 g/mol. The Labute approximate surface area is 53.7 Å². The topological polar surface area (TPSA) is 55.8 Å². The number of hydrogen-bond acceptors (Lipinski definition) is 4. The summed E-state index contributed by atoms with van der Waals surface area (Å²) in [7, 11) is -4.43. The Morgan fingerprint density at radius 1 is 1.62 bits per heavy atom. The lowest BCUT2D eigenvalue weighted by Crippen LogP contribution is -2.15. The first-order valence-corrected chi connectivity index (χ1v) is 6.64. The molecular weight excluding hydrogens is 160 g/mol. The summed E-state index contributed by atoms with van der Waals surface area (Å²) in [6.07, 6.45) is 0. The van der Waals surface area contributed by atoms with Crippen molar-refractivity contribution in [3.05, 3.63) is 0 Å². The molecule has 0 saturated carbocycles. The number of rotatable bonds is 4. The smallest absolute Gasteiger partial charge is 0.557 e. The van der Waals surface area contributed by atoms with Crippen molar-refractivity contribution in [2.75, 3.05) is 0 Å². The van der Waals surface area contributed by atoms with E-state index in [4.69, 9.17) is 4.80 Å². The van der Waals surface area contributed by atoms with Crippen LogP contribution in [0, 0.1) is 0 Å². The molecule has 0 bridgehead atoms. The molecule has 0 aliphatic heterocycles. The summed E-state index contributed by atoms with van der Waals surface area (Å²) in [4.78, 5) is 8.14. The van der Waals surface area contributed by atoms with Crippen molar-refractivity contribution in [2.24, 2.45) is 0 Å². The van der Waals surface area contributed by atoms with Crippen LogP contribution in [0.1, 0.15) is 0 Å². The highest BCUT2D eigenvalue weighted by atomic mass is 28.4. The van der Waals surface area contributed by atoms with Crippen LogP contribution in [0.3, 0.4) is 0 Å². The summed E-state index contributed by atoms with van der Waals surface area (Å²) in [5.41, 5.74) is 0. The van der Waals surface area contributed by atoms with Gasteiger partial charge in [-0.05, 0) is 6.55 Å². The second-order valence-electron chi connectivity index (χ2n) is 0.956. The molecule has 0 aromatic heterocycles. The Bertz CT molecular complexity index is 65.7. The Balaban J connectivity index is 3.06. The van der Waals surface area contributed by atoms with Gasteiger partial charge >= 0.3 is 19.2 Å². The van der Waals surface area contributed by atoms with Gasteiger partial charge < -0.3 is 13.0 Å². The molecule has 8 heavy (non-hydrogen) atoms. The summed E-state index contributed by atoms with van der Waals surface area (Å²) in [6.45, 7) is 1.85. The highest BCUT2D eigenvalue weighted by Gasteiger charge is 2.05. The maximum absolute atomic E-state index is 10.3. The molecule has 0 fully saturated rings. The standard InChI is InChI=1S/CH8O4Si3/c1-6-4-8(3)5-7-2/h2H,6-7H2,1H3. The van der Waals surface area contributed by atoms with Crippen molar-refractivity contribution in [1.82, 2.24) is 0 Å². The summed E-state index contributed by atoms with van der Waals surface area (Å²) in [5.74, 6) is 0. The first kappa shape index (κ1) is 8.01. The zero-order chi connectivity index (χ0) is 6.41. The van der Waals surface area contributed by atoms with Crippen molar-refractivity contribution in [3.63, 3.8) is 0 Å². The van der Waals surface area contributed by atoms with E-state index in [-0.39, 0.29) is 0 Å². The van der Waals surface area contributed by atoms with Crippen LogP contribution in [0.25, 0.3) is 0 Å². The van der Waals surface area contributed by atoms with Gasteiger partial charge in [-0.3, -0.25) is 4.46 Å². The second-order valence-corrected chi connectivity index (χ2v) is 4.60. The quantitative estimate of drug-likeness (QED) is 0.474. The lowest BCUT2D eigenvalue weighted by molar-refractivity contribution is 0.335. The molecule has 0 radical (unpaired) electrons. The van der Waals surface area contributed by atoms with Gasteiger partial charge in [-0.2, -0.15) is 0 Å². The van der Waals surface area contributed by atoms with Gasteiger partial charge in [-0.15, -0.1) is 0 Å². The average Bonchev–Trinajstić information content (AvgIpc) is 1.68. The van der Waals surface area contributed by atoms with E-state index >= 15 is 0 Å². The van der Waals surface area contributed by atoms with E-state index in [1.165, 1.54) is 0 Å². The fourth-order valence-electron chi connectivity index (χ4n) is 0.212. The molecule has 0 heterocycles. The van der Waals surface area contributed by atoms with Crippen molar-refractivity contribution >= 4 is 28.9 Å². The molecule has 7 heteroatoms. The third-order valence-corrected chi connectivity index (χ3v) is 4.00. The second kappa shape index (κ2) is 5.15. The summed E-state index contributed by atoms with van der Waals surface area (Å²) in [5, 5.41) is 0. The van der Waals surface area contributed by atoms with Gasteiger partial charge in [0.2, 0.25) is 9.76 Å². The zero-order valence-electron chi connectivity index (χ0n) is 4.59. The van der Waals surface area contributed by atoms with Crippen LogP contribution in [0.4, 0.5) is 0 Å². The van der Waals surface area contributed by atoms with Gasteiger partial charge in [0, 0.05) is 0 Å². The molecule has 0 rings (SSSR count). The van der Waals surface area contributed by atoms with E-state index < -0.39 is 28.9 Å². The number of hydrogen-bond donors (Lipinski definition) is 1. The molecule has 0 amide bonds. The summed E-state index contributed by atoms with van der Waals surface area (Å²) >= 11 is 0. The molecule has 0 aromatic rings. The Hall–Kier alpha value is 0.0106. The van der Waals surface area contributed by atoms with E-state index in [1.54, 1.807) is 0 Å². The van der Waals surface area contributed by atoms with E-state index in [0.29, 0.717) is 0 Å². The van der Waals surface area contributed by atoms with Crippen LogP contribution >= 0.6 is 0 Å². The maximum atomic E-state index is 10.3. The molecule has 0 spiro atoms. The molecule has 0 aliphatic rings. The monoisotopic (exact) mass is 168 g/mol. The Morgan fingerprint density at radius 2 is 2.25 bits per heavy atom. The van der Waals surface area contributed by atoms with Crippen molar-refractivity contribution in [1.29, 1.82) is 0 Å². The predicted molar refractivity (Wildman–Crippen MR) is 33.8 cm³/mol. The SMILES string of the molecule is C[SiH2]O[Si](=O)O[SiH2]O. The molecular formula is CH8O4Si3. The highest BCUT2D eigenvalue weighted by molar-refractivity contribution is 6.46. The van der Waals surface area contributed by atoms with Gasteiger partial charge in [0.05, 0.1) is 0 Å². The van der Waals surface area contributed by atoms with E-state index in [9.17, 15) is 4.46 Å². The van der Waals surface area contributed by atoms with Gasteiger partial charge in [0.25, 0.3) is 0 Å². The van der Waals surface area contributed by atoms with E-state index in [1.807, 2.05) is 6.55 Å². The molecule has 0 aromatic carbocycles. The molecule has 1 N–H and O–H groups in total. The summed E-state index contributed by atoms with van der Waals surface area (Å²) < 4.78 is 19.2.